The van der Waals surface area contributed by atoms with Crippen molar-refractivity contribution in [3.05, 3.63) is 65.7 Å². The standard InChI is InChI=1S/C18H19NO4/c20-11-17-16(23-17)10-14-8-4-5-9-15(14)19-18(21)22-12-13-6-2-1-3-7-13/h1-9,16-17,20H,10-12H2,(H,19,21)/t16-,17+/m0/s1. The number of carbonyl (C=O) groups excluding carboxylic acids is 1. The predicted molar refractivity (Wildman–Crippen MR) is 86.1 cm³/mol. The lowest BCUT2D eigenvalue weighted by atomic mass is 10.1. The van der Waals surface area contributed by atoms with Gasteiger partial charge in [-0.3, -0.25) is 5.32 Å². The number of para-hydroxylation sites is 1. The summed E-state index contributed by atoms with van der Waals surface area (Å²) in [5.74, 6) is 0. The molecule has 0 spiro atoms. The average Bonchev–Trinajstić information content (AvgIpc) is 3.34. The molecule has 1 saturated heterocycles. The fourth-order valence-corrected chi connectivity index (χ4v) is 2.43. The van der Waals surface area contributed by atoms with Crippen LogP contribution in [0.25, 0.3) is 0 Å². The zero-order valence-electron chi connectivity index (χ0n) is 12.6. The van der Waals surface area contributed by atoms with Gasteiger partial charge in [-0.05, 0) is 17.2 Å². The molecule has 0 unspecified atom stereocenters. The van der Waals surface area contributed by atoms with Gasteiger partial charge in [-0.2, -0.15) is 0 Å². The molecule has 0 aliphatic carbocycles. The number of ether oxygens (including phenoxy) is 2. The van der Waals surface area contributed by atoms with Gasteiger partial charge in [0.2, 0.25) is 0 Å². The topological polar surface area (TPSA) is 71.1 Å². The summed E-state index contributed by atoms with van der Waals surface area (Å²) in [7, 11) is 0. The van der Waals surface area contributed by atoms with E-state index in [-0.39, 0.29) is 25.4 Å². The van der Waals surface area contributed by atoms with Crippen LogP contribution in [-0.2, 0) is 22.5 Å². The van der Waals surface area contributed by atoms with E-state index in [0.717, 1.165) is 11.1 Å². The van der Waals surface area contributed by atoms with Gasteiger partial charge in [0, 0.05) is 12.1 Å². The SMILES string of the molecule is O=C(Nc1ccccc1C[C@@H]1O[C@@H]1CO)OCc1ccccc1. The number of benzene rings is 2. The van der Waals surface area contributed by atoms with Gasteiger partial charge in [-0.1, -0.05) is 48.5 Å². The highest BCUT2D eigenvalue weighted by molar-refractivity contribution is 5.85. The van der Waals surface area contributed by atoms with Crippen molar-refractivity contribution in [1.29, 1.82) is 0 Å². The van der Waals surface area contributed by atoms with E-state index in [2.05, 4.69) is 5.32 Å². The first-order valence-corrected chi connectivity index (χ1v) is 7.58. The Balaban J connectivity index is 1.55. The Labute approximate surface area is 134 Å². The van der Waals surface area contributed by atoms with E-state index in [1.807, 2.05) is 54.6 Å². The first-order chi connectivity index (χ1) is 11.3. The third-order valence-electron chi connectivity index (χ3n) is 3.76. The third-order valence-corrected chi connectivity index (χ3v) is 3.76. The number of aliphatic hydroxyl groups excluding tert-OH is 1. The van der Waals surface area contributed by atoms with Gasteiger partial charge in [-0.25, -0.2) is 4.79 Å². The number of amides is 1. The Bertz CT molecular complexity index is 659. The lowest BCUT2D eigenvalue weighted by Gasteiger charge is -2.11. The second-order valence-electron chi connectivity index (χ2n) is 5.44. The second-order valence-corrected chi connectivity index (χ2v) is 5.44. The molecular formula is C18H19NO4. The summed E-state index contributed by atoms with van der Waals surface area (Å²) in [5.41, 5.74) is 2.61. The van der Waals surface area contributed by atoms with Gasteiger partial charge in [-0.15, -0.1) is 0 Å². The zero-order chi connectivity index (χ0) is 16.1. The summed E-state index contributed by atoms with van der Waals surface area (Å²) in [5, 5.41) is 11.8. The van der Waals surface area contributed by atoms with Crippen LogP contribution in [-0.4, -0.2) is 30.0 Å². The highest BCUT2D eigenvalue weighted by Crippen LogP contribution is 2.28. The molecule has 23 heavy (non-hydrogen) atoms. The summed E-state index contributed by atoms with van der Waals surface area (Å²) in [6.45, 7) is 0.256. The monoisotopic (exact) mass is 313 g/mol. The van der Waals surface area contributed by atoms with Crippen LogP contribution in [0.5, 0.6) is 0 Å². The van der Waals surface area contributed by atoms with Gasteiger partial charge in [0.1, 0.15) is 12.7 Å². The Morgan fingerprint density at radius 3 is 2.57 bits per heavy atom. The maximum absolute atomic E-state index is 12.0. The highest BCUT2D eigenvalue weighted by atomic mass is 16.6. The minimum atomic E-state index is -0.489. The van der Waals surface area contributed by atoms with E-state index in [1.165, 1.54) is 0 Å². The highest BCUT2D eigenvalue weighted by Gasteiger charge is 2.38. The van der Waals surface area contributed by atoms with Crippen LogP contribution >= 0.6 is 0 Å². The summed E-state index contributed by atoms with van der Waals surface area (Å²) in [4.78, 5) is 12.0. The van der Waals surface area contributed by atoms with E-state index < -0.39 is 6.09 Å². The Morgan fingerprint density at radius 2 is 1.83 bits per heavy atom. The fourth-order valence-electron chi connectivity index (χ4n) is 2.43. The van der Waals surface area contributed by atoms with Crippen molar-refractivity contribution in [1.82, 2.24) is 0 Å². The molecule has 1 heterocycles. The van der Waals surface area contributed by atoms with Crippen molar-refractivity contribution in [3.8, 4) is 0 Å². The molecule has 1 amide bonds. The van der Waals surface area contributed by atoms with Crippen LogP contribution < -0.4 is 5.32 Å². The molecule has 0 bridgehead atoms. The van der Waals surface area contributed by atoms with E-state index in [1.54, 1.807) is 0 Å². The van der Waals surface area contributed by atoms with Crippen molar-refractivity contribution in [2.75, 3.05) is 11.9 Å². The molecule has 0 aromatic heterocycles. The van der Waals surface area contributed by atoms with Gasteiger partial charge < -0.3 is 14.6 Å². The maximum Gasteiger partial charge on any atom is 0.411 e. The molecule has 2 aromatic rings. The molecule has 120 valence electrons. The molecule has 5 heteroatoms. The Morgan fingerprint density at radius 1 is 1.09 bits per heavy atom. The van der Waals surface area contributed by atoms with Gasteiger partial charge in [0.25, 0.3) is 0 Å². The lowest BCUT2D eigenvalue weighted by Crippen LogP contribution is -2.15. The van der Waals surface area contributed by atoms with Crippen molar-refractivity contribution in [2.24, 2.45) is 0 Å². The molecule has 1 aliphatic heterocycles. The summed E-state index contributed by atoms with van der Waals surface area (Å²) < 4.78 is 10.6. The minimum Gasteiger partial charge on any atom is -0.444 e. The molecule has 1 fully saturated rings. The largest absolute Gasteiger partial charge is 0.444 e. The fraction of sp³-hybridized carbons (Fsp3) is 0.278. The van der Waals surface area contributed by atoms with Crippen LogP contribution in [0.2, 0.25) is 0 Å². The molecule has 2 N–H and O–H groups in total. The smallest absolute Gasteiger partial charge is 0.411 e. The number of hydrogen-bond acceptors (Lipinski definition) is 4. The normalized spacial score (nSPS) is 19.2. The molecule has 1 aliphatic rings. The first-order valence-electron chi connectivity index (χ1n) is 7.58. The van der Waals surface area contributed by atoms with E-state index >= 15 is 0 Å². The van der Waals surface area contributed by atoms with Crippen LogP contribution in [0.3, 0.4) is 0 Å². The van der Waals surface area contributed by atoms with E-state index in [0.29, 0.717) is 12.1 Å². The van der Waals surface area contributed by atoms with Crippen molar-refractivity contribution >= 4 is 11.8 Å². The number of carbonyl (C=O) groups is 1. The minimum absolute atomic E-state index is 0.0169. The summed E-state index contributed by atoms with van der Waals surface area (Å²) >= 11 is 0. The number of nitrogens with one attached hydrogen (secondary N) is 1. The van der Waals surface area contributed by atoms with Crippen molar-refractivity contribution in [2.45, 2.75) is 25.2 Å². The van der Waals surface area contributed by atoms with Crippen LogP contribution in [0.1, 0.15) is 11.1 Å². The van der Waals surface area contributed by atoms with Gasteiger partial charge >= 0.3 is 6.09 Å². The van der Waals surface area contributed by atoms with Crippen LogP contribution in [0, 0.1) is 0 Å². The molecule has 5 nitrogen and oxygen atoms in total. The predicted octanol–water partition coefficient (Wildman–Crippen LogP) is 2.74. The Hall–Kier alpha value is -2.37. The summed E-state index contributed by atoms with van der Waals surface area (Å²) in [6, 6.07) is 17.1. The second kappa shape index (κ2) is 7.26. The number of epoxide rings is 1. The molecule has 2 atom stereocenters. The van der Waals surface area contributed by atoms with Crippen molar-refractivity contribution in [3.63, 3.8) is 0 Å². The number of rotatable bonds is 6. The van der Waals surface area contributed by atoms with Crippen LogP contribution in [0.4, 0.5) is 10.5 Å². The van der Waals surface area contributed by atoms with E-state index in [4.69, 9.17) is 14.6 Å². The third kappa shape index (κ3) is 4.31. The molecule has 2 aromatic carbocycles. The summed E-state index contributed by atoms with van der Waals surface area (Å²) in [6.07, 6.45) is 0.0912. The molecule has 0 radical (unpaired) electrons. The van der Waals surface area contributed by atoms with Crippen molar-refractivity contribution < 1.29 is 19.4 Å². The maximum atomic E-state index is 12.0. The average molecular weight is 313 g/mol. The number of hydrogen-bond donors (Lipinski definition) is 2. The zero-order valence-corrected chi connectivity index (χ0v) is 12.6. The number of anilines is 1. The quantitative estimate of drug-likeness (QED) is 0.805. The van der Waals surface area contributed by atoms with Gasteiger partial charge in [0.15, 0.2) is 0 Å². The molecule has 3 rings (SSSR count). The van der Waals surface area contributed by atoms with Gasteiger partial charge in [0.05, 0.1) is 12.7 Å². The molecule has 0 saturated carbocycles. The lowest BCUT2D eigenvalue weighted by molar-refractivity contribution is 0.155. The first kappa shape index (κ1) is 15.5. The van der Waals surface area contributed by atoms with E-state index in [9.17, 15) is 4.79 Å². The molecular weight excluding hydrogens is 294 g/mol. The van der Waals surface area contributed by atoms with Crippen LogP contribution in [0.15, 0.2) is 54.6 Å². The number of aliphatic hydroxyl groups is 1. The Kier molecular flexibility index (Phi) is 4.90.